The molecule has 1 amide bonds. The van der Waals surface area contributed by atoms with Crippen LogP contribution in [0.15, 0.2) is 30.3 Å². The van der Waals surface area contributed by atoms with Crippen molar-refractivity contribution in [2.45, 2.75) is 13.3 Å². The Morgan fingerprint density at radius 1 is 1.38 bits per heavy atom. The molecule has 0 fully saturated rings. The van der Waals surface area contributed by atoms with Crippen molar-refractivity contribution < 1.29 is 4.79 Å². The number of nitrogens with zero attached hydrogens (tertiary/aromatic N) is 2. The molecule has 21 heavy (non-hydrogen) atoms. The standard InChI is InChI=1S/C16H18N4O/c1-3-13-11-15(20(2)19-13)16(21)18-14-8-6-12(7-9-14)5-4-10-17/h6-9,11H,3,10,17H2,1-2H3,(H,18,21). The Kier molecular flexibility index (Phi) is 4.75. The summed E-state index contributed by atoms with van der Waals surface area (Å²) in [5.41, 5.74) is 8.35. The molecule has 0 aliphatic rings. The van der Waals surface area contributed by atoms with Gasteiger partial charge in [0.15, 0.2) is 0 Å². The van der Waals surface area contributed by atoms with Crippen molar-refractivity contribution in [3.05, 3.63) is 47.3 Å². The maximum atomic E-state index is 12.2. The predicted octanol–water partition coefficient (Wildman–Crippen LogP) is 1.54. The number of anilines is 1. The van der Waals surface area contributed by atoms with E-state index >= 15 is 0 Å². The lowest BCUT2D eigenvalue weighted by Gasteiger charge is -2.05. The Hall–Kier alpha value is -2.58. The molecule has 0 aliphatic carbocycles. The van der Waals surface area contributed by atoms with E-state index in [1.54, 1.807) is 17.8 Å². The molecule has 1 heterocycles. The number of amides is 1. The zero-order valence-corrected chi connectivity index (χ0v) is 12.2. The zero-order chi connectivity index (χ0) is 15.2. The van der Waals surface area contributed by atoms with Gasteiger partial charge in [-0.3, -0.25) is 9.48 Å². The van der Waals surface area contributed by atoms with Crippen molar-refractivity contribution >= 4 is 11.6 Å². The first kappa shape index (κ1) is 14.8. The average Bonchev–Trinajstić information content (AvgIpc) is 2.88. The quantitative estimate of drug-likeness (QED) is 0.839. The van der Waals surface area contributed by atoms with Crippen LogP contribution in [0.5, 0.6) is 0 Å². The highest BCUT2D eigenvalue weighted by atomic mass is 16.2. The molecule has 2 rings (SSSR count). The van der Waals surface area contributed by atoms with Gasteiger partial charge < -0.3 is 11.1 Å². The minimum absolute atomic E-state index is 0.175. The first-order valence-corrected chi connectivity index (χ1v) is 6.77. The third-order valence-corrected chi connectivity index (χ3v) is 3.00. The number of rotatable bonds is 3. The molecule has 0 atom stereocenters. The van der Waals surface area contributed by atoms with Crippen LogP contribution in [0.3, 0.4) is 0 Å². The number of carbonyl (C=O) groups is 1. The summed E-state index contributed by atoms with van der Waals surface area (Å²) in [6, 6.07) is 9.12. The maximum Gasteiger partial charge on any atom is 0.273 e. The number of aryl methyl sites for hydroxylation is 2. The molecule has 0 saturated heterocycles. The van der Waals surface area contributed by atoms with Crippen molar-refractivity contribution in [1.29, 1.82) is 0 Å². The summed E-state index contributed by atoms with van der Waals surface area (Å²) in [5.74, 6) is 5.55. The van der Waals surface area contributed by atoms with Gasteiger partial charge in [0.05, 0.1) is 12.2 Å². The Balaban J connectivity index is 2.10. The summed E-state index contributed by atoms with van der Waals surface area (Å²) in [4.78, 5) is 12.2. The van der Waals surface area contributed by atoms with Gasteiger partial charge in [-0.1, -0.05) is 18.8 Å². The minimum Gasteiger partial charge on any atom is -0.321 e. The molecule has 0 aliphatic heterocycles. The van der Waals surface area contributed by atoms with Crippen molar-refractivity contribution in [2.24, 2.45) is 12.8 Å². The largest absolute Gasteiger partial charge is 0.321 e. The fourth-order valence-corrected chi connectivity index (χ4v) is 1.90. The second-order valence-corrected chi connectivity index (χ2v) is 4.54. The third-order valence-electron chi connectivity index (χ3n) is 3.00. The second-order valence-electron chi connectivity index (χ2n) is 4.54. The smallest absolute Gasteiger partial charge is 0.273 e. The van der Waals surface area contributed by atoms with Gasteiger partial charge in [-0.05, 0) is 36.8 Å². The molecule has 2 aromatic rings. The summed E-state index contributed by atoms with van der Waals surface area (Å²) < 4.78 is 1.59. The first-order valence-electron chi connectivity index (χ1n) is 6.77. The van der Waals surface area contributed by atoms with Crippen LogP contribution < -0.4 is 11.1 Å². The Morgan fingerprint density at radius 3 is 2.67 bits per heavy atom. The van der Waals surface area contributed by atoms with Crippen LogP contribution in [0.25, 0.3) is 0 Å². The summed E-state index contributed by atoms with van der Waals surface area (Å²) in [6.45, 7) is 2.34. The van der Waals surface area contributed by atoms with Gasteiger partial charge in [0, 0.05) is 18.3 Å². The lowest BCUT2D eigenvalue weighted by atomic mass is 10.2. The van der Waals surface area contributed by atoms with Crippen LogP contribution in [0.1, 0.15) is 28.7 Å². The fraction of sp³-hybridized carbons (Fsp3) is 0.250. The molecule has 1 aromatic carbocycles. The molecule has 5 heteroatoms. The fourth-order valence-electron chi connectivity index (χ4n) is 1.90. The van der Waals surface area contributed by atoms with E-state index < -0.39 is 0 Å². The highest BCUT2D eigenvalue weighted by Gasteiger charge is 2.12. The van der Waals surface area contributed by atoms with E-state index in [0.29, 0.717) is 12.2 Å². The van der Waals surface area contributed by atoms with Gasteiger partial charge in [0.1, 0.15) is 5.69 Å². The number of hydrogen-bond donors (Lipinski definition) is 2. The van der Waals surface area contributed by atoms with Crippen molar-refractivity contribution in [3.63, 3.8) is 0 Å². The average molecular weight is 282 g/mol. The van der Waals surface area contributed by atoms with E-state index in [-0.39, 0.29) is 5.91 Å². The first-order chi connectivity index (χ1) is 10.1. The van der Waals surface area contributed by atoms with Gasteiger partial charge in [-0.15, -0.1) is 0 Å². The van der Waals surface area contributed by atoms with Crippen molar-refractivity contribution in [3.8, 4) is 11.8 Å². The molecule has 5 nitrogen and oxygen atoms in total. The van der Waals surface area contributed by atoms with Gasteiger partial charge in [0.2, 0.25) is 0 Å². The lowest BCUT2D eigenvalue weighted by molar-refractivity contribution is 0.101. The van der Waals surface area contributed by atoms with E-state index in [1.165, 1.54) is 0 Å². The third kappa shape index (κ3) is 3.71. The van der Waals surface area contributed by atoms with Crippen molar-refractivity contribution in [1.82, 2.24) is 9.78 Å². The normalized spacial score (nSPS) is 9.86. The SMILES string of the molecule is CCc1cc(C(=O)Nc2ccc(C#CCN)cc2)n(C)n1. The lowest BCUT2D eigenvalue weighted by Crippen LogP contribution is -2.15. The van der Waals surface area contributed by atoms with Gasteiger partial charge >= 0.3 is 0 Å². The van der Waals surface area contributed by atoms with Crippen LogP contribution in [0.2, 0.25) is 0 Å². The van der Waals surface area contributed by atoms with E-state index in [2.05, 4.69) is 22.3 Å². The molecular weight excluding hydrogens is 264 g/mol. The Labute approximate surface area is 124 Å². The number of nitrogens with two attached hydrogens (primary N) is 1. The Bertz CT molecular complexity index is 689. The van der Waals surface area contributed by atoms with E-state index in [4.69, 9.17) is 5.73 Å². The van der Waals surface area contributed by atoms with Crippen molar-refractivity contribution in [2.75, 3.05) is 11.9 Å². The molecule has 0 spiro atoms. The van der Waals surface area contributed by atoms with Crippen LogP contribution in [-0.4, -0.2) is 22.2 Å². The molecule has 1 aromatic heterocycles. The van der Waals surface area contributed by atoms with Crippen LogP contribution in [0.4, 0.5) is 5.69 Å². The topological polar surface area (TPSA) is 72.9 Å². The van der Waals surface area contributed by atoms with Crippen LogP contribution >= 0.6 is 0 Å². The number of carbonyl (C=O) groups excluding carboxylic acids is 1. The molecule has 3 N–H and O–H groups in total. The maximum absolute atomic E-state index is 12.2. The number of benzene rings is 1. The van der Waals surface area contributed by atoms with E-state index in [9.17, 15) is 4.79 Å². The molecule has 0 unspecified atom stereocenters. The van der Waals surface area contributed by atoms with E-state index in [1.807, 2.05) is 31.2 Å². The Morgan fingerprint density at radius 2 is 2.10 bits per heavy atom. The second kappa shape index (κ2) is 6.73. The van der Waals surface area contributed by atoms with Gasteiger partial charge in [0.25, 0.3) is 5.91 Å². The number of hydrogen-bond acceptors (Lipinski definition) is 3. The molecule has 0 bridgehead atoms. The minimum atomic E-state index is -0.175. The summed E-state index contributed by atoms with van der Waals surface area (Å²) in [7, 11) is 1.76. The predicted molar refractivity (Wildman–Crippen MR) is 82.9 cm³/mol. The number of nitrogens with one attached hydrogen (secondary N) is 1. The molecule has 108 valence electrons. The molecule has 0 radical (unpaired) electrons. The summed E-state index contributed by atoms with van der Waals surface area (Å²) >= 11 is 0. The summed E-state index contributed by atoms with van der Waals surface area (Å²) in [6.07, 6.45) is 0.801. The molecular formula is C16H18N4O. The van der Waals surface area contributed by atoms with Crippen LogP contribution in [0, 0.1) is 11.8 Å². The highest BCUT2D eigenvalue weighted by molar-refractivity contribution is 6.03. The van der Waals surface area contributed by atoms with Gasteiger partial charge in [-0.25, -0.2) is 0 Å². The van der Waals surface area contributed by atoms with Gasteiger partial charge in [-0.2, -0.15) is 5.10 Å². The summed E-state index contributed by atoms with van der Waals surface area (Å²) in [5, 5.41) is 7.11. The monoisotopic (exact) mass is 282 g/mol. The zero-order valence-electron chi connectivity index (χ0n) is 12.2. The van der Waals surface area contributed by atoms with E-state index in [0.717, 1.165) is 23.4 Å². The van der Waals surface area contributed by atoms with Crippen LogP contribution in [-0.2, 0) is 13.5 Å². The molecule has 0 saturated carbocycles. The highest BCUT2D eigenvalue weighted by Crippen LogP contribution is 2.11. The number of aromatic nitrogens is 2.